The third-order valence-electron chi connectivity index (χ3n) is 2.52. The van der Waals surface area contributed by atoms with Crippen LogP contribution in [0.1, 0.15) is 23.2 Å². The molecule has 5 nitrogen and oxygen atoms in total. The highest BCUT2D eigenvalue weighted by molar-refractivity contribution is 5.93. The molecule has 1 saturated carbocycles. The van der Waals surface area contributed by atoms with E-state index in [4.69, 9.17) is 5.11 Å². The summed E-state index contributed by atoms with van der Waals surface area (Å²) >= 11 is 0. The highest BCUT2D eigenvalue weighted by Crippen LogP contribution is 2.26. The minimum Gasteiger partial charge on any atom is -0.393 e. The second kappa shape index (κ2) is 3.79. The van der Waals surface area contributed by atoms with Gasteiger partial charge in [0, 0.05) is 12.7 Å². The number of amides is 1. The van der Waals surface area contributed by atoms with Crippen molar-refractivity contribution in [2.24, 2.45) is 5.92 Å². The van der Waals surface area contributed by atoms with Crippen LogP contribution in [0.2, 0.25) is 0 Å². The Labute approximate surface area is 81.5 Å². The highest BCUT2D eigenvalue weighted by atomic mass is 16.3. The third kappa shape index (κ3) is 1.93. The summed E-state index contributed by atoms with van der Waals surface area (Å²) in [6.07, 6.45) is 4.48. The second-order valence-corrected chi connectivity index (χ2v) is 3.69. The number of aromatic nitrogens is 2. The molecular weight excluding hydrogens is 182 g/mol. The maximum absolute atomic E-state index is 11.4. The Morgan fingerprint density at radius 3 is 3.07 bits per heavy atom. The predicted molar refractivity (Wildman–Crippen MR) is 49.7 cm³/mol. The summed E-state index contributed by atoms with van der Waals surface area (Å²) in [7, 11) is 0. The molecule has 0 radical (unpaired) electrons. The van der Waals surface area contributed by atoms with Gasteiger partial charge in [-0.3, -0.25) is 9.89 Å². The average molecular weight is 195 g/mol. The first-order valence-electron chi connectivity index (χ1n) is 4.70. The number of hydrogen-bond donors (Lipinski definition) is 3. The van der Waals surface area contributed by atoms with Crippen LogP contribution in [-0.4, -0.2) is 33.9 Å². The van der Waals surface area contributed by atoms with Crippen molar-refractivity contribution in [2.45, 2.75) is 18.9 Å². The lowest BCUT2D eigenvalue weighted by atomic mass is 9.82. The van der Waals surface area contributed by atoms with Crippen LogP contribution in [0.25, 0.3) is 0 Å². The Balaban J connectivity index is 1.74. The maximum Gasteiger partial charge on any atom is 0.254 e. The van der Waals surface area contributed by atoms with E-state index in [1.54, 1.807) is 6.20 Å². The van der Waals surface area contributed by atoms with E-state index in [0.717, 1.165) is 12.8 Å². The van der Waals surface area contributed by atoms with E-state index < -0.39 is 0 Å². The third-order valence-corrected chi connectivity index (χ3v) is 2.52. The first-order chi connectivity index (χ1) is 6.75. The van der Waals surface area contributed by atoms with Crippen molar-refractivity contribution in [3.63, 3.8) is 0 Å². The number of hydrogen-bond acceptors (Lipinski definition) is 3. The minimum atomic E-state index is -0.161. The fraction of sp³-hybridized carbons (Fsp3) is 0.556. The Kier molecular flexibility index (Phi) is 2.49. The molecule has 0 aliphatic heterocycles. The summed E-state index contributed by atoms with van der Waals surface area (Å²) in [4.78, 5) is 11.4. The zero-order valence-corrected chi connectivity index (χ0v) is 7.73. The van der Waals surface area contributed by atoms with Gasteiger partial charge in [0.15, 0.2) is 0 Å². The largest absolute Gasteiger partial charge is 0.393 e. The fourth-order valence-electron chi connectivity index (χ4n) is 1.58. The Morgan fingerprint density at radius 1 is 1.71 bits per heavy atom. The van der Waals surface area contributed by atoms with Crippen LogP contribution < -0.4 is 5.32 Å². The van der Waals surface area contributed by atoms with Crippen molar-refractivity contribution in [3.05, 3.63) is 18.0 Å². The van der Waals surface area contributed by atoms with E-state index in [2.05, 4.69) is 15.5 Å². The molecule has 5 heteroatoms. The molecule has 2 rings (SSSR count). The number of carbonyl (C=O) groups is 1. The van der Waals surface area contributed by atoms with Crippen LogP contribution in [0, 0.1) is 5.92 Å². The van der Waals surface area contributed by atoms with Crippen LogP contribution in [0.5, 0.6) is 0 Å². The number of rotatable bonds is 3. The normalized spacial score (nSPS) is 25.5. The highest BCUT2D eigenvalue weighted by Gasteiger charge is 2.27. The molecule has 1 aromatic heterocycles. The van der Waals surface area contributed by atoms with Crippen molar-refractivity contribution in [2.75, 3.05) is 6.54 Å². The molecule has 0 bridgehead atoms. The minimum absolute atomic E-state index is 0.111. The van der Waals surface area contributed by atoms with Gasteiger partial charge in [-0.15, -0.1) is 0 Å². The van der Waals surface area contributed by atoms with Gasteiger partial charge in [-0.1, -0.05) is 0 Å². The van der Waals surface area contributed by atoms with E-state index >= 15 is 0 Å². The molecule has 1 heterocycles. The molecule has 1 aromatic rings. The topological polar surface area (TPSA) is 78.0 Å². The molecule has 1 aliphatic carbocycles. The van der Waals surface area contributed by atoms with Gasteiger partial charge in [-0.25, -0.2) is 0 Å². The van der Waals surface area contributed by atoms with Crippen molar-refractivity contribution in [1.29, 1.82) is 0 Å². The van der Waals surface area contributed by atoms with E-state index in [1.807, 2.05) is 0 Å². The van der Waals surface area contributed by atoms with Crippen LogP contribution in [0.15, 0.2) is 12.4 Å². The molecule has 0 unspecified atom stereocenters. The van der Waals surface area contributed by atoms with Gasteiger partial charge < -0.3 is 10.4 Å². The van der Waals surface area contributed by atoms with E-state index in [0.29, 0.717) is 18.0 Å². The molecule has 0 aromatic carbocycles. The van der Waals surface area contributed by atoms with Gasteiger partial charge in [-0.05, 0) is 18.8 Å². The zero-order valence-electron chi connectivity index (χ0n) is 7.73. The van der Waals surface area contributed by atoms with Gasteiger partial charge in [0.25, 0.3) is 5.91 Å². The van der Waals surface area contributed by atoms with Crippen molar-refractivity contribution >= 4 is 5.91 Å². The van der Waals surface area contributed by atoms with Crippen LogP contribution >= 0.6 is 0 Å². The summed E-state index contributed by atoms with van der Waals surface area (Å²) in [6, 6.07) is 0. The van der Waals surface area contributed by atoms with Gasteiger partial charge in [-0.2, -0.15) is 5.10 Å². The lowest BCUT2D eigenvalue weighted by Crippen LogP contribution is -2.38. The summed E-state index contributed by atoms with van der Waals surface area (Å²) < 4.78 is 0. The molecule has 1 aliphatic rings. The van der Waals surface area contributed by atoms with Gasteiger partial charge in [0.05, 0.1) is 17.9 Å². The molecule has 1 fully saturated rings. The molecule has 14 heavy (non-hydrogen) atoms. The Bertz CT molecular complexity index is 304. The van der Waals surface area contributed by atoms with Gasteiger partial charge >= 0.3 is 0 Å². The van der Waals surface area contributed by atoms with Crippen LogP contribution in [-0.2, 0) is 0 Å². The quantitative estimate of drug-likeness (QED) is 0.630. The van der Waals surface area contributed by atoms with Crippen molar-refractivity contribution in [1.82, 2.24) is 15.5 Å². The number of H-pyrrole nitrogens is 1. The molecule has 0 saturated heterocycles. The van der Waals surface area contributed by atoms with E-state index in [1.165, 1.54) is 6.20 Å². The summed E-state index contributed by atoms with van der Waals surface area (Å²) in [6.45, 7) is 0.640. The second-order valence-electron chi connectivity index (χ2n) is 3.69. The van der Waals surface area contributed by atoms with E-state index in [-0.39, 0.29) is 12.0 Å². The molecule has 1 amide bonds. The first-order valence-corrected chi connectivity index (χ1v) is 4.70. The monoisotopic (exact) mass is 195 g/mol. The number of aromatic amines is 1. The van der Waals surface area contributed by atoms with Crippen LogP contribution in [0.3, 0.4) is 0 Å². The van der Waals surface area contributed by atoms with Gasteiger partial charge in [0.2, 0.25) is 0 Å². The lowest BCUT2D eigenvalue weighted by Gasteiger charge is -2.31. The molecule has 3 N–H and O–H groups in total. The summed E-state index contributed by atoms with van der Waals surface area (Å²) in [5.74, 6) is 0.320. The first kappa shape index (κ1) is 9.21. The van der Waals surface area contributed by atoms with Gasteiger partial charge in [0.1, 0.15) is 0 Å². The lowest BCUT2D eigenvalue weighted by molar-refractivity contribution is 0.0420. The average Bonchev–Trinajstić information content (AvgIpc) is 2.62. The summed E-state index contributed by atoms with van der Waals surface area (Å²) in [5.41, 5.74) is 0.546. The number of nitrogens with zero attached hydrogens (tertiary/aromatic N) is 1. The summed E-state index contributed by atoms with van der Waals surface area (Å²) in [5, 5.41) is 18.1. The van der Waals surface area contributed by atoms with Crippen molar-refractivity contribution < 1.29 is 9.90 Å². The molecule has 0 atom stereocenters. The molecule has 0 spiro atoms. The smallest absolute Gasteiger partial charge is 0.254 e. The zero-order chi connectivity index (χ0) is 9.97. The Morgan fingerprint density at radius 2 is 2.50 bits per heavy atom. The maximum atomic E-state index is 11.4. The Hall–Kier alpha value is -1.36. The number of aliphatic hydroxyl groups excluding tert-OH is 1. The predicted octanol–water partition coefficient (Wildman–Crippen LogP) is -0.0896. The number of carbonyl (C=O) groups excluding carboxylic acids is 1. The fourth-order valence-corrected chi connectivity index (χ4v) is 1.58. The van der Waals surface area contributed by atoms with E-state index in [9.17, 15) is 4.79 Å². The molecule has 76 valence electrons. The SMILES string of the molecule is O=C(NCC1CC(O)C1)c1cn[nH]c1. The standard InChI is InChI=1S/C9H13N3O2/c13-8-1-6(2-8)3-10-9(14)7-4-11-12-5-7/h4-6,8,13H,1-3H2,(H,10,14)(H,11,12). The van der Waals surface area contributed by atoms with Crippen LogP contribution in [0.4, 0.5) is 0 Å². The number of nitrogens with one attached hydrogen (secondary N) is 2. The molecular formula is C9H13N3O2. The van der Waals surface area contributed by atoms with Crippen molar-refractivity contribution in [3.8, 4) is 0 Å². The number of aliphatic hydroxyl groups is 1.